The molecule has 0 saturated carbocycles. The summed E-state index contributed by atoms with van der Waals surface area (Å²) in [5, 5.41) is 4.64. The third-order valence-electron chi connectivity index (χ3n) is 3.17. The summed E-state index contributed by atoms with van der Waals surface area (Å²) in [6, 6.07) is 4.88. The van der Waals surface area contributed by atoms with Crippen LogP contribution in [0, 0.1) is 13.8 Å². The number of nitrogens with zero attached hydrogens (tertiary/aromatic N) is 1. The third-order valence-corrected chi connectivity index (χ3v) is 5.61. The third kappa shape index (κ3) is 2.99. The molecule has 0 radical (unpaired) electrons. The van der Waals surface area contributed by atoms with Gasteiger partial charge in [0.05, 0.1) is 10.7 Å². The molecule has 2 nitrogen and oxygen atoms in total. The Morgan fingerprint density at radius 3 is 2.56 bits per heavy atom. The molecule has 0 amide bonds. The molecule has 0 aliphatic carbocycles. The Morgan fingerprint density at radius 2 is 2.06 bits per heavy atom. The normalized spacial score (nSPS) is 12.9. The molecule has 0 aliphatic rings. The summed E-state index contributed by atoms with van der Waals surface area (Å²) < 4.78 is 0. The molecule has 0 fully saturated rings. The molecular formula is C14H20N2S2. The molecule has 2 aromatic heterocycles. The van der Waals surface area contributed by atoms with Crippen molar-refractivity contribution in [2.75, 3.05) is 7.05 Å². The van der Waals surface area contributed by atoms with E-state index in [-0.39, 0.29) is 0 Å². The number of aryl methyl sites for hydroxylation is 3. The van der Waals surface area contributed by atoms with Gasteiger partial charge >= 0.3 is 0 Å². The van der Waals surface area contributed by atoms with E-state index in [4.69, 9.17) is 0 Å². The summed E-state index contributed by atoms with van der Waals surface area (Å²) in [5.74, 6) is 0. The second-order valence-electron chi connectivity index (χ2n) is 4.45. The van der Waals surface area contributed by atoms with Crippen molar-refractivity contribution in [2.45, 2.75) is 39.7 Å². The van der Waals surface area contributed by atoms with Gasteiger partial charge < -0.3 is 5.32 Å². The lowest BCUT2D eigenvalue weighted by Gasteiger charge is -2.12. The van der Waals surface area contributed by atoms with Crippen LogP contribution in [0.2, 0.25) is 0 Å². The largest absolute Gasteiger partial charge is 0.312 e. The standard InChI is InChI=1S/C14H20N2S2/c1-5-11-6-7-13(18-11)12(15-4)8-14-16-9(2)10(3)17-14/h6-7,12,15H,5,8H2,1-4H3. The minimum Gasteiger partial charge on any atom is -0.312 e. The van der Waals surface area contributed by atoms with Crippen LogP contribution < -0.4 is 5.32 Å². The van der Waals surface area contributed by atoms with Crippen LogP contribution in [0.1, 0.15) is 38.3 Å². The van der Waals surface area contributed by atoms with Crippen molar-refractivity contribution in [3.05, 3.63) is 37.5 Å². The molecule has 2 rings (SSSR count). The Labute approximate surface area is 117 Å². The van der Waals surface area contributed by atoms with Gasteiger partial charge in [-0.15, -0.1) is 22.7 Å². The van der Waals surface area contributed by atoms with E-state index in [0.29, 0.717) is 6.04 Å². The number of thiazole rings is 1. The Kier molecular flexibility index (Phi) is 4.54. The van der Waals surface area contributed by atoms with Crippen molar-refractivity contribution in [2.24, 2.45) is 0 Å². The molecular weight excluding hydrogens is 260 g/mol. The summed E-state index contributed by atoms with van der Waals surface area (Å²) in [5.41, 5.74) is 1.17. The predicted molar refractivity (Wildman–Crippen MR) is 80.8 cm³/mol. The van der Waals surface area contributed by atoms with Crippen molar-refractivity contribution in [1.82, 2.24) is 10.3 Å². The minimum atomic E-state index is 0.389. The summed E-state index contributed by atoms with van der Waals surface area (Å²) in [6.45, 7) is 6.44. The Morgan fingerprint density at radius 1 is 1.28 bits per heavy atom. The van der Waals surface area contributed by atoms with Gasteiger partial charge in [0.2, 0.25) is 0 Å². The van der Waals surface area contributed by atoms with Gasteiger partial charge in [-0.2, -0.15) is 0 Å². The maximum absolute atomic E-state index is 4.63. The molecule has 0 bridgehead atoms. The lowest BCUT2D eigenvalue weighted by atomic mass is 10.2. The molecule has 18 heavy (non-hydrogen) atoms. The maximum Gasteiger partial charge on any atom is 0.0950 e. The van der Waals surface area contributed by atoms with E-state index in [0.717, 1.165) is 12.8 Å². The molecule has 2 heterocycles. The molecule has 1 N–H and O–H groups in total. The lowest BCUT2D eigenvalue weighted by molar-refractivity contribution is 0.600. The fourth-order valence-corrected chi connectivity index (χ4v) is 3.96. The van der Waals surface area contributed by atoms with Crippen LogP contribution >= 0.6 is 22.7 Å². The molecule has 1 atom stereocenters. The van der Waals surface area contributed by atoms with Gasteiger partial charge in [-0.1, -0.05) is 6.92 Å². The van der Waals surface area contributed by atoms with Gasteiger partial charge in [0.25, 0.3) is 0 Å². The number of hydrogen-bond donors (Lipinski definition) is 1. The zero-order valence-electron chi connectivity index (χ0n) is 11.4. The SMILES string of the molecule is CCc1ccc(C(Cc2nc(C)c(C)s2)NC)s1. The van der Waals surface area contributed by atoms with Crippen LogP contribution in [0.3, 0.4) is 0 Å². The van der Waals surface area contributed by atoms with Gasteiger partial charge in [-0.3, -0.25) is 0 Å². The fraction of sp³-hybridized carbons (Fsp3) is 0.500. The average Bonchev–Trinajstić information content (AvgIpc) is 2.94. The number of rotatable bonds is 5. The first-order valence-corrected chi connectivity index (χ1v) is 7.96. The van der Waals surface area contributed by atoms with Crippen molar-refractivity contribution < 1.29 is 0 Å². The Hall–Kier alpha value is -0.710. The average molecular weight is 280 g/mol. The van der Waals surface area contributed by atoms with Gasteiger partial charge in [-0.25, -0.2) is 4.98 Å². The van der Waals surface area contributed by atoms with E-state index in [2.05, 4.69) is 43.2 Å². The number of thiophene rings is 1. The van der Waals surface area contributed by atoms with E-state index in [1.807, 2.05) is 29.7 Å². The van der Waals surface area contributed by atoms with E-state index in [9.17, 15) is 0 Å². The zero-order chi connectivity index (χ0) is 13.1. The van der Waals surface area contributed by atoms with Crippen molar-refractivity contribution >= 4 is 22.7 Å². The van der Waals surface area contributed by atoms with E-state index in [1.165, 1.54) is 25.3 Å². The topological polar surface area (TPSA) is 24.9 Å². The quantitative estimate of drug-likeness (QED) is 0.899. The summed E-state index contributed by atoms with van der Waals surface area (Å²) in [7, 11) is 2.03. The smallest absolute Gasteiger partial charge is 0.0950 e. The molecule has 0 spiro atoms. The first-order chi connectivity index (χ1) is 8.63. The van der Waals surface area contributed by atoms with Crippen LogP contribution in [0.25, 0.3) is 0 Å². The van der Waals surface area contributed by atoms with Crippen LogP contribution in [-0.2, 0) is 12.8 Å². The summed E-state index contributed by atoms with van der Waals surface area (Å²) >= 11 is 3.73. The molecule has 0 aliphatic heterocycles. The predicted octanol–water partition coefficient (Wildman–Crippen LogP) is 3.89. The van der Waals surface area contributed by atoms with Gasteiger partial charge in [-0.05, 0) is 39.4 Å². The lowest BCUT2D eigenvalue weighted by Crippen LogP contribution is -2.17. The Bertz CT molecular complexity index is 494. The van der Waals surface area contributed by atoms with Crippen molar-refractivity contribution in [3.8, 4) is 0 Å². The summed E-state index contributed by atoms with van der Waals surface area (Å²) in [4.78, 5) is 8.84. The van der Waals surface area contributed by atoms with Crippen molar-refractivity contribution in [1.29, 1.82) is 0 Å². The first-order valence-electron chi connectivity index (χ1n) is 6.32. The molecule has 4 heteroatoms. The molecule has 1 unspecified atom stereocenters. The van der Waals surface area contributed by atoms with Crippen LogP contribution in [0.5, 0.6) is 0 Å². The van der Waals surface area contributed by atoms with Crippen LogP contribution in [0.4, 0.5) is 0 Å². The van der Waals surface area contributed by atoms with Crippen LogP contribution in [-0.4, -0.2) is 12.0 Å². The highest BCUT2D eigenvalue weighted by Gasteiger charge is 2.15. The van der Waals surface area contributed by atoms with Gasteiger partial charge in [0, 0.05) is 27.1 Å². The molecule has 98 valence electrons. The molecule has 2 aromatic rings. The highest BCUT2D eigenvalue weighted by molar-refractivity contribution is 7.12. The van der Waals surface area contributed by atoms with Crippen molar-refractivity contribution in [3.63, 3.8) is 0 Å². The molecule has 0 saturated heterocycles. The monoisotopic (exact) mass is 280 g/mol. The molecule has 0 aromatic carbocycles. The van der Waals surface area contributed by atoms with Gasteiger partial charge in [0.1, 0.15) is 0 Å². The van der Waals surface area contributed by atoms with E-state index in [1.54, 1.807) is 0 Å². The fourth-order valence-electron chi connectivity index (χ4n) is 1.92. The number of nitrogens with one attached hydrogen (secondary N) is 1. The highest BCUT2D eigenvalue weighted by Crippen LogP contribution is 2.28. The minimum absolute atomic E-state index is 0.389. The number of likely N-dealkylation sites (N-methyl/N-ethyl adjacent to an activating group) is 1. The van der Waals surface area contributed by atoms with E-state index >= 15 is 0 Å². The Balaban J connectivity index is 2.13. The second-order valence-corrected chi connectivity index (χ2v) is 6.94. The maximum atomic E-state index is 4.63. The van der Waals surface area contributed by atoms with Gasteiger partial charge in [0.15, 0.2) is 0 Å². The number of hydrogen-bond acceptors (Lipinski definition) is 4. The zero-order valence-corrected chi connectivity index (χ0v) is 13.0. The highest BCUT2D eigenvalue weighted by atomic mass is 32.1. The number of aromatic nitrogens is 1. The first kappa shape index (κ1) is 13.7. The second kappa shape index (κ2) is 5.95. The van der Waals surface area contributed by atoms with Crippen LogP contribution in [0.15, 0.2) is 12.1 Å². The summed E-state index contributed by atoms with van der Waals surface area (Å²) in [6.07, 6.45) is 2.11. The van der Waals surface area contributed by atoms with E-state index < -0.39 is 0 Å².